The maximum absolute atomic E-state index is 11.4. The highest BCUT2D eigenvalue weighted by Crippen LogP contribution is 2.30. The third-order valence-electron chi connectivity index (χ3n) is 2.39. The average Bonchev–Trinajstić information content (AvgIpc) is 2.35. The lowest BCUT2D eigenvalue weighted by atomic mass is 10.3. The third kappa shape index (κ3) is 2.34. The van der Waals surface area contributed by atoms with Crippen molar-refractivity contribution < 1.29 is 19.1 Å². The van der Waals surface area contributed by atoms with Gasteiger partial charge in [0, 0.05) is 7.05 Å². The van der Waals surface area contributed by atoms with Gasteiger partial charge in [0.2, 0.25) is 0 Å². The fraction of sp³-hybridized carbons (Fsp3) is 0.364. The molecule has 7 heteroatoms. The van der Waals surface area contributed by atoms with Crippen LogP contribution in [0.5, 0.6) is 5.75 Å². The minimum absolute atomic E-state index is 0.00414. The molecule has 0 unspecified atom stereocenters. The predicted molar refractivity (Wildman–Crippen MR) is 63.8 cm³/mol. The van der Waals surface area contributed by atoms with Crippen molar-refractivity contribution in [1.29, 1.82) is 0 Å². The summed E-state index contributed by atoms with van der Waals surface area (Å²) in [6.45, 7) is 1.98. The average molecular weight is 251 g/mol. The highest BCUT2D eigenvalue weighted by atomic mass is 16.5. The van der Waals surface area contributed by atoms with E-state index in [2.05, 4.69) is 10.3 Å². The van der Waals surface area contributed by atoms with Crippen LogP contribution in [0.15, 0.2) is 12.1 Å². The van der Waals surface area contributed by atoms with Crippen LogP contribution >= 0.6 is 0 Å². The van der Waals surface area contributed by atoms with Crippen LogP contribution in [0.1, 0.15) is 6.92 Å². The summed E-state index contributed by atoms with van der Waals surface area (Å²) in [7, 11) is 1.60. The molecule has 0 spiro atoms. The van der Waals surface area contributed by atoms with Crippen LogP contribution in [0.25, 0.3) is 0 Å². The van der Waals surface area contributed by atoms with Crippen molar-refractivity contribution in [1.82, 2.24) is 4.98 Å². The molecule has 1 aromatic rings. The Hall–Kier alpha value is -2.31. The largest absolute Gasteiger partial charge is 0.480 e. The fourth-order valence-electron chi connectivity index (χ4n) is 1.48. The van der Waals surface area contributed by atoms with Crippen molar-refractivity contribution in [2.45, 2.75) is 6.92 Å². The van der Waals surface area contributed by atoms with Crippen molar-refractivity contribution in [2.24, 2.45) is 0 Å². The molecule has 0 bridgehead atoms. The SMILES string of the molecule is CCOC(=O)Nc1ccc2c(n1)N(C)C(=O)CO2. The van der Waals surface area contributed by atoms with Gasteiger partial charge in [-0.25, -0.2) is 9.78 Å². The van der Waals surface area contributed by atoms with Crippen LogP contribution in [-0.4, -0.2) is 37.2 Å². The first-order chi connectivity index (χ1) is 8.61. The second-order valence-electron chi connectivity index (χ2n) is 3.61. The number of anilines is 2. The summed E-state index contributed by atoms with van der Waals surface area (Å²) in [6.07, 6.45) is -0.587. The molecule has 18 heavy (non-hydrogen) atoms. The summed E-state index contributed by atoms with van der Waals surface area (Å²) in [5.74, 6) is 0.993. The van der Waals surface area contributed by atoms with Crippen LogP contribution in [0.3, 0.4) is 0 Å². The minimum atomic E-state index is -0.587. The number of nitrogens with zero attached hydrogens (tertiary/aromatic N) is 2. The first kappa shape index (κ1) is 12.2. The van der Waals surface area contributed by atoms with Gasteiger partial charge in [-0.3, -0.25) is 15.0 Å². The van der Waals surface area contributed by atoms with E-state index in [0.717, 1.165) is 0 Å². The zero-order valence-corrected chi connectivity index (χ0v) is 10.1. The molecule has 1 N–H and O–H groups in total. The van der Waals surface area contributed by atoms with Crippen molar-refractivity contribution in [3.63, 3.8) is 0 Å². The molecule has 0 aliphatic carbocycles. The number of likely N-dealkylation sites (N-methyl/N-ethyl adjacent to an activating group) is 1. The van der Waals surface area contributed by atoms with Gasteiger partial charge in [-0.1, -0.05) is 0 Å². The van der Waals surface area contributed by atoms with E-state index in [0.29, 0.717) is 17.4 Å². The number of nitrogens with one attached hydrogen (secondary N) is 1. The standard InChI is InChI=1S/C11H13N3O4/c1-3-17-11(16)13-8-5-4-7-10(12-8)14(2)9(15)6-18-7/h4-5H,3,6H2,1-2H3,(H,12,13,16). The number of rotatable bonds is 2. The van der Waals surface area contributed by atoms with E-state index in [1.165, 1.54) is 4.90 Å². The fourth-order valence-corrected chi connectivity index (χ4v) is 1.48. The van der Waals surface area contributed by atoms with E-state index < -0.39 is 6.09 Å². The molecule has 2 heterocycles. The number of fused-ring (bicyclic) bond motifs is 1. The molecule has 2 rings (SSSR count). The number of amides is 2. The van der Waals surface area contributed by atoms with E-state index in [9.17, 15) is 9.59 Å². The summed E-state index contributed by atoms with van der Waals surface area (Å²) >= 11 is 0. The number of hydrogen-bond donors (Lipinski definition) is 1. The molecule has 1 aliphatic rings. The molecule has 0 radical (unpaired) electrons. The van der Waals surface area contributed by atoms with Gasteiger partial charge >= 0.3 is 6.09 Å². The van der Waals surface area contributed by atoms with E-state index >= 15 is 0 Å². The molecule has 7 nitrogen and oxygen atoms in total. The van der Waals surface area contributed by atoms with Crippen molar-refractivity contribution >= 4 is 23.6 Å². The van der Waals surface area contributed by atoms with Gasteiger partial charge in [0.1, 0.15) is 5.82 Å². The number of aromatic nitrogens is 1. The normalized spacial score (nSPS) is 13.7. The first-order valence-corrected chi connectivity index (χ1v) is 5.46. The summed E-state index contributed by atoms with van der Waals surface area (Å²) in [5.41, 5.74) is 0. The Morgan fingerprint density at radius 1 is 1.61 bits per heavy atom. The van der Waals surface area contributed by atoms with Gasteiger partial charge < -0.3 is 9.47 Å². The molecule has 1 aliphatic heterocycles. The maximum atomic E-state index is 11.4. The quantitative estimate of drug-likeness (QED) is 0.848. The third-order valence-corrected chi connectivity index (χ3v) is 2.39. The van der Waals surface area contributed by atoms with Crippen LogP contribution in [0.4, 0.5) is 16.4 Å². The van der Waals surface area contributed by atoms with E-state index in [-0.39, 0.29) is 19.1 Å². The Kier molecular flexibility index (Phi) is 3.31. The molecule has 0 fully saturated rings. The Balaban J connectivity index is 2.21. The monoisotopic (exact) mass is 251 g/mol. The van der Waals surface area contributed by atoms with Crippen LogP contribution in [0, 0.1) is 0 Å². The lowest BCUT2D eigenvalue weighted by Gasteiger charge is -2.24. The van der Waals surface area contributed by atoms with E-state index in [1.54, 1.807) is 26.1 Å². The van der Waals surface area contributed by atoms with E-state index in [4.69, 9.17) is 9.47 Å². The Morgan fingerprint density at radius 2 is 2.39 bits per heavy atom. The number of carbonyl (C=O) groups is 2. The molecule has 96 valence electrons. The van der Waals surface area contributed by atoms with Gasteiger partial charge in [0.05, 0.1) is 6.61 Å². The summed E-state index contributed by atoms with van der Waals surface area (Å²) in [6, 6.07) is 3.23. The van der Waals surface area contributed by atoms with Gasteiger partial charge in [0.15, 0.2) is 18.2 Å². The molecule has 2 amide bonds. The minimum Gasteiger partial charge on any atom is -0.480 e. The summed E-state index contributed by atoms with van der Waals surface area (Å²) in [4.78, 5) is 28.2. The van der Waals surface area contributed by atoms with Gasteiger partial charge in [-0.15, -0.1) is 0 Å². The van der Waals surface area contributed by atoms with Crippen LogP contribution in [-0.2, 0) is 9.53 Å². The number of ether oxygens (including phenoxy) is 2. The number of carbonyl (C=O) groups excluding carboxylic acids is 2. The van der Waals surface area contributed by atoms with Crippen molar-refractivity contribution in [3.8, 4) is 5.75 Å². The number of pyridine rings is 1. The molecule has 0 saturated heterocycles. The predicted octanol–water partition coefficient (Wildman–Crippen LogP) is 1.01. The van der Waals surface area contributed by atoms with Gasteiger partial charge in [-0.2, -0.15) is 0 Å². The maximum Gasteiger partial charge on any atom is 0.412 e. The molecular formula is C11H13N3O4. The summed E-state index contributed by atoms with van der Waals surface area (Å²) in [5, 5.41) is 2.46. The van der Waals surface area contributed by atoms with Crippen molar-refractivity contribution in [3.05, 3.63) is 12.1 Å². The second kappa shape index (κ2) is 4.91. The Morgan fingerprint density at radius 3 is 3.11 bits per heavy atom. The van der Waals surface area contributed by atoms with Gasteiger partial charge in [0.25, 0.3) is 5.91 Å². The lowest BCUT2D eigenvalue weighted by Crippen LogP contribution is -2.36. The zero-order chi connectivity index (χ0) is 13.1. The molecule has 0 aromatic carbocycles. The highest BCUT2D eigenvalue weighted by molar-refractivity contribution is 5.96. The molecule has 0 saturated carbocycles. The topological polar surface area (TPSA) is 80.8 Å². The van der Waals surface area contributed by atoms with Crippen molar-refractivity contribution in [2.75, 3.05) is 30.5 Å². The van der Waals surface area contributed by atoms with Crippen LogP contribution in [0.2, 0.25) is 0 Å². The second-order valence-corrected chi connectivity index (χ2v) is 3.61. The molecule has 1 aromatic heterocycles. The Bertz CT molecular complexity index is 489. The van der Waals surface area contributed by atoms with E-state index in [1.807, 2.05) is 0 Å². The molecular weight excluding hydrogens is 238 g/mol. The molecule has 0 atom stereocenters. The smallest absolute Gasteiger partial charge is 0.412 e. The lowest BCUT2D eigenvalue weighted by molar-refractivity contribution is -0.121. The number of hydrogen-bond acceptors (Lipinski definition) is 5. The Labute approximate surface area is 104 Å². The first-order valence-electron chi connectivity index (χ1n) is 5.46. The zero-order valence-electron chi connectivity index (χ0n) is 10.1. The summed E-state index contributed by atoms with van der Waals surface area (Å²) < 4.78 is 9.95. The van der Waals surface area contributed by atoms with Gasteiger partial charge in [-0.05, 0) is 19.1 Å². The van der Waals surface area contributed by atoms with Crippen LogP contribution < -0.4 is 15.0 Å². The highest BCUT2D eigenvalue weighted by Gasteiger charge is 2.24.